The van der Waals surface area contributed by atoms with Crippen LogP contribution in [0.15, 0.2) is 41.1 Å². The fourth-order valence-corrected chi connectivity index (χ4v) is 4.16. The van der Waals surface area contributed by atoms with Crippen LogP contribution in [0.5, 0.6) is 0 Å². The Morgan fingerprint density at radius 1 is 1.32 bits per heavy atom. The Morgan fingerprint density at radius 2 is 2.18 bits per heavy atom. The van der Waals surface area contributed by atoms with Crippen LogP contribution in [0.1, 0.15) is 36.0 Å². The Morgan fingerprint density at radius 3 is 2.93 bits per heavy atom. The van der Waals surface area contributed by atoms with E-state index >= 15 is 0 Å². The third-order valence-corrected chi connectivity index (χ3v) is 5.84. The highest BCUT2D eigenvalue weighted by atomic mass is 32.1. The summed E-state index contributed by atoms with van der Waals surface area (Å²) in [6.45, 7) is 1.22. The largest absolute Gasteiger partial charge is 0.382 e. The van der Waals surface area contributed by atoms with Crippen molar-refractivity contribution in [2.75, 3.05) is 20.3 Å². The molecule has 0 atom stereocenters. The number of nitrogens with zero attached hydrogens (tertiary/aromatic N) is 2. The van der Waals surface area contributed by atoms with Crippen LogP contribution in [-0.2, 0) is 9.47 Å². The number of aromatic amines is 1. The van der Waals surface area contributed by atoms with Crippen LogP contribution in [0.2, 0.25) is 0 Å². The van der Waals surface area contributed by atoms with Gasteiger partial charge in [0.25, 0.3) is 5.91 Å². The van der Waals surface area contributed by atoms with E-state index in [1.165, 1.54) is 0 Å². The number of thiazole rings is 1. The van der Waals surface area contributed by atoms with Gasteiger partial charge < -0.3 is 14.5 Å². The van der Waals surface area contributed by atoms with Crippen LogP contribution in [0.25, 0.3) is 21.3 Å². The molecule has 0 bridgehead atoms. The van der Waals surface area contributed by atoms with Crippen LogP contribution in [-0.4, -0.2) is 48.0 Å². The van der Waals surface area contributed by atoms with Gasteiger partial charge >= 0.3 is 0 Å². The molecule has 2 aromatic heterocycles. The number of methoxy groups -OCH3 is 1. The lowest BCUT2D eigenvalue weighted by molar-refractivity contribution is 0.00822. The second-order valence-electron chi connectivity index (χ2n) is 6.88. The molecule has 1 saturated carbocycles. The SMILES string of the molecule is COCCOC1CCC(=NC(=O)c2cc(-c3cncs3)cc3cc[nH]c23)CC1. The number of rotatable bonds is 6. The summed E-state index contributed by atoms with van der Waals surface area (Å²) in [7, 11) is 1.67. The van der Waals surface area contributed by atoms with E-state index in [1.807, 2.05) is 24.5 Å². The van der Waals surface area contributed by atoms with Crippen LogP contribution >= 0.6 is 11.3 Å². The molecule has 1 aliphatic carbocycles. The fraction of sp³-hybridized carbons (Fsp3) is 0.381. The number of fused-ring (bicyclic) bond motifs is 1. The lowest BCUT2D eigenvalue weighted by atomic mass is 9.95. The highest BCUT2D eigenvalue weighted by molar-refractivity contribution is 7.13. The smallest absolute Gasteiger partial charge is 0.279 e. The van der Waals surface area contributed by atoms with Gasteiger partial charge in [0.05, 0.1) is 40.8 Å². The van der Waals surface area contributed by atoms with Gasteiger partial charge in [-0.2, -0.15) is 0 Å². The number of carbonyl (C=O) groups excluding carboxylic acids is 1. The molecule has 28 heavy (non-hydrogen) atoms. The lowest BCUT2D eigenvalue weighted by Gasteiger charge is -2.23. The standard InChI is InChI=1S/C21H23N3O3S/c1-26-8-9-27-17-4-2-16(3-5-17)24-21(25)18-11-15(19-12-22-13-28-19)10-14-6-7-23-20(14)18/h6-7,10-13,17,23H,2-5,8-9H2,1H3. The summed E-state index contributed by atoms with van der Waals surface area (Å²) in [5.41, 5.74) is 5.19. The molecule has 1 amide bonds. The maximum absolute atomic E-state index is 13.0. The second-order valence-corrected chi connectivity index (χ2v) is 7.76. The Bertz CT molecular complexity index is 968. The summed E-state index contributed by atoms with van der Waals surface area (Å²) >= 11 is 1.56. The third-order valence-electron chi connectivity index (χ3n) is 5.02. The number of hydrogen-bond donors (Lipinski definition) is 1. The average Bonchev–Trinajstić information content (AvgIpc) is 3.40. The molecule has 0 unspecified atom stereocenters. The van der Waals surface area contributed by atoms with E-state index in [4.69, 9.17) is 9.47 Å². The Labute approximate surface area is 167 Å². The quantitative estimate of drug-likeness (QED) is 0.622. The lowest BCUT2D eigenvalue weighted by Crippen LogP contribution is -2.23. The Kier molecular flexibility index (Phi) is 5.95. The van der Waals surface area contributed by atoms with Crippen molar-refractivity contribution in [2.24, 2.45) is 4.99 Å². The van der Waals surface area contributed by atoms with Crippen LogP contribution in [0, 0.1) is 0 Å². The first-order valence-electron chi connectivity index (χ1n) is 9.46. The Balaban J connectivity index is 1.51. The number of carbonyl (C=O) groups is 1. The van der Waals surface area contributed by atoms with Gasteiger partial charge in [0.2, 0.25) is 0 Å². The minimum absolute atomic E-state index is 0.187. The molecule has 0 radical (unpaired) electrons. The van der Waals surface area contributed by atoms with Gasteiger partial charge in [-0.1, -0.05) is 0 Å². The number of ether oxygens (including phenoxy) is 2. The van der Waals surface area contributed by atoms with Crippen molar-refractivity contribution in [3.8, 4) is 10.4 Å². The molecule has 6 nitrogen and oxygen atoms in total. The van der Waals surface area contributed by atoms with E-state index in [2.05, 4.69) is 21.0 Å². The van der Waals surface area contributed by atoms with Gasteiger partial charge in [-0.25, -0.2) is 4.99 Å². The van der Waals surface area contributed by atoms with Crippen LogP contribution < -0.4 is 0 Å². The summed E-state index contributed by atoms with van der Waals surface area (Å²) in [6, 6.07) is 5.97. The number of aromatic nitrogens is 2. The van der Waals surface area contributed by atoms with Crippen molar-refractivity contribution < 1.29 is 14.3 Å². The molecule has 7 heteroatoms. The topological polar surface area (TPSA) is 76.6 Å². The summed E-state index contributed by atoms with van der Waals surface area (Å²) in [5, 5.41) is 1.00. The maximum atomic E-state index is 13.0. The fourth-order valence-electron chi connectivity index (χ4n) is 3.55. The van der Waals surface area contributed by atoms with Crippen molar-refractivity contribution >= 4 is 33.9 Å². The number of benzene rings is 1. The third kappa shape index (κ3) is 4.22. The summed E-state index contributed by atoms with van der Waals surface area (Å²) < 4.78 is 10.8. The van der Waals surface area contributed by atoms with Gasteiger partial charge in [-0.3, -0.25) is 9.78 Å². The minimum atomic E-state index is -0.187. The van der Waals surface area contributed by atoms with Gasteiger partial charge in [0.1, 0.15) is 0 Å². The number of hydrogen-bond acceptors (Lipinski definition) is 5. The molecule has 0 saturated heterocycles. The molecule has 4 rings (SSSR count). The van der Waals surface area contributed by atoms with Crippen molar-refractivity contribution in [2.45, 2.75) is 31.8 Å². The molecule has 1 N–H and O–H groups in total. The number of H-pyrrole nitrogens is 1. The van der Waals surface area contributed by atoms with Gasteiger partial charge in [-0.05, 0) is 49.4 Å². The zero-order valence-corrected chi connectivity index (χ0v) is 16.6. The van der Waals surface area contributed by atoms with Gasteiger partial charge in [0, 0.05) is 30.6 Å². The van der Waals surface area contributed by atoms with Crippen molar-refractivity contribution in [1.29, 1.82) is 0 Å². The van der Waals surface area contributed by atoms with Crippen molar-refractivity contribution in [3.63, 3.8) is 0 Å². The summed E-state index contributed by atoms with van der Waals surface area (Å²) in [5.74, 6) is -0.187. The minimum Gasteiger partial charge on any atom is -0.382 e. The first kappa shape index (κ1) is 19.0. The zero-order valence-electron chi connectivity index (χ0n) is 15.8. The normalized spacial score (nSPS) is 17.2. The molecule has 1 aliphatic rings. The molecule has 3 aromatic rings. The molecule has 146 valence electrons. The van der Waals surface area contributed by atoms with E-state index in [1.54, 1.807) is 24.0 Å². The van der Waals surface area contributed by atoms with Crippen molar-refractivity contribution in [3.05, 3.63) is 41.7 Å². The predicted molar refractivity (Wildman–Crippen MR) is 111 cm³/mol. The first-order valence-corrected chi connectivity index (χ1v) is 10.3. The van der Waals surface area contributed by atoms with Gasteiger partial charge in [-0.15, -0.1) is 11.3 Å². The number of aliphatic imine (C=N–C) groups is 1. The van der Waals surface area contributed by atoms with Crippen LogP contribution in [0.4, 0.5) is 0 Å². The molecular weight excluding hydrogens is 374 g/mol. The van der Waals surface area contributed by atoms with E-state index in [0.29, 0.717) is 18.8 Å². The number of amides is 1. The average molecular weight is 398 g/mol. The van der Waals surface area contributed by atoms with Crippen molar-refractivity contribution in [1.82, 2.24) is 9.97 Å². The second kappa shape index (κ2) is 8.77. The first-order chi connectivity index (χ1) is 13.7. The maximum Gasteiger partial charge on any atom is 0.279 e. The highest BCUT2D eigenvalue weighted by Crippen LogP contribution is 2.30. The van der Waals surface area contributed by atoms with Crippen LogP contribution in [0.3, 0.4) is 0 Å². The Hall–Kier alpha value is -2.35. The summed E-state index contributed by atoms with van der Waals surface area (Å²) in [6.07, 6.45) is 7.30. The number of nitrogens with one attached hydrogen (secondary N) is 1. The molecule has 1 aromatic carbocycles. The predicted octanol–water partition coefficient (Wildman–Crippen LogP) is 4.48. The van der Waals surface area contributed by atoms with E-state index in [0.717, 1.165) is 52.7 Å². The van der Waals surface area contributed by atoms with E-state index in [-0.39, 0.29) is 12.0 Å². The van der Waals surface area contributed by atoms with E-state index in [9.17, 15) is 4.79 Å². The molecule has 1 fully saturated rings. The molecular formula is C21H23N3O3S. The molecule has 2 heterocycles. The molecule has 0 aliphatic heterocycles. The summed E-state index contributed by atoms with van der Waals surface area (Å²) in [4.78, 5) is 25.8. The molecule has 0 spiro atoms. The monoisotopic (exact) mass is 397 g/mol. The van der Waals surface area contributed by atoms with Gasteiger partial charge in [0.15, 0.2) is 0 Å². The van der Waals surface area contributed by atoms with E-state index < -0.39 is 0 Å². The zero-order chi connectivity index (χ0) is 19.3. The highest BCUT2D eigenvalue weighted by Gasteiger charge is 2.20.